The first-order chi connectivity index (χ1) is 12.3. The standard InChI is InChI=1S/C18H28N4O3S/c1-15-5-3-7-17(13-15)20-9-11-21(12-10-20)18(23)19-16-6-4-8-22(14-16)26(2,24)25/h3,5,7,13,16H,4,6,8-12,14H2,1-2H3,(H,19,23). The van der Waals surface area contributed by atoms with Gasteiger partial charge in [-0.2, -0.15) is 0 Å². The fourth-order valence-electron chi connectivity index (χ4n) is 3.62. The molecule has 2 fully saturated rings. The largest absolute Gasteiger partial charge is 0.368 e. The molecule has 2 amide bonds. The van der Waals surface area contributed by atoms with Gasteiger partial charge in [0.15, 0.2) is 0 Å². The number of piperidine rings is 1. The van der Waals surface area contributed by atoms with Gasteiger partial charge in [0, 0.05) is 51.0 Å². The Hall–Kier alpha value is -1.80. The lowest BCUT2D eigenvalue weighted by molar-refractivity contribution is 0.183. The number of carbonyl (C=O) groups excluding carboxylic acids is 1. The molecular formula is C18H28N4O3S. The van der Waals surface area contributed by atoms with Gasteiger partial charge < -0.3 is 15.1 Å². The Bertz CT molecular complexity index is 745. The molecule has 1 N–H and O–H groups in total. The van der Waals surface area contributed by atoms with Crippen LogP contribution in [0.1, 0.15) is 18.4 Å². The summed E-state index contributed by atoms with van der Waals surface area (Å²) in [6.07, 6.45) is 2.82. The van der Waals surface area contributed by atoms with Gasteiger partial charge in [-0.05, 0) is 37.5 Å². The fraction of sp³-hybridized carbons (Fsp3) is 0.611. The van der Waals surface area contributed by atoms with E-state index in [9.17, 15) is 13.2 Å². The lowest BCUT2D eigenvalue weighted by Gasteiger charge is -2.38. The molecule has 1 unspecified atom stereocenters. The van der Waals surface area contributed by atoms with Crippen LogP contribution in [0.25, 0.3) is 0 Å². The number of urea groups is 1. The highest BCUT2D eigenvalue weighted by atomic mass is 32.2. The summed E-state index contributed by atoms with van der Waals surface area (Å²) in [6, 6.07) is 8.20. The summed E-state index contributed by atoms with van der Waals surface area (Å²) in [4.78, 5) is 16.7. The zero-order valence-corrected chi connectivity index (χ0v) is 16.3. The first kappa shape index (κ1) is 19.0. The summed E-state index contributed by atoms with van der Waals surface area (Å²) in [5.41, 5.74) is 2.43. The van der Waals surface area contributed by atoms with Crippen molar-refractivity contribution in [3.05, 3.63) is 29.8 Å². The van der Waals surface area contributed by atoms with Gasteiger partial charge in [0.25, 0.3) is 0 Å². The molecule has 8 heteroatoms. The molecule has 0 radical (unpaired) electrons. The maximum atomic E-state index is 12.5. The van der Waals surface area contributed by atoms with E-state index >= 15 is 0 Å². The van der Waals surface area contributed by atoms with Crippen LogP contribution in [0.2, 0.25) is 0 Å². The SMILES string of the molecule is Cc1cccc(N2CCN(C(=O)NC3CCCN(S(C)(=O)=O)C3)CC2)c1. The van der Waals surface area contributed by atoms with Gasteiger partial charge in [-0.1, -0.05) is 12.1 Å². The van der Waals surface area contributed by atoms with Gasteiger partial charge in [-0.25, -0.2) is 17.5 Å². The van der Waals surface area contributed by atoms with Crippen molar-refractivity contribution in [2.45, 2.75) is 25.8 Å². The van der Waals surface area contributed by atoms with Crippen molar-refractivity contribution >= 4 is 21.7 Å². The number of benzene rings is 1. The highest BCUT2D eigenvalue weighted by Gasteiger charge is 2.29. The highest BCUT2D eigenvalue weighted by molar-refractivity contribution is 7.88. The number of nitrogens with one attached hydrogen (secondary N) is 1. The molecule has 2 saturated heterocycles. The van der Waals surface area contributed by atoms with Gasteiger partial charge in [0.05, 0.1) is 6.26 Å². The Kier molecular flexibility index (Phi) is 5.72. The van der Waals surface area contributed by atoms with E-state index in [4.69, 9.17) is 0 Å². The third kappa shape index (κ3) is 4.67. The molecule has 0 bridgehead atoms. The minimum atomic E-state index is -3.20. The van der Waals surface area contributed by atoms with Crippen LogP contribution in [0.15, 0.2) is 24.3 Å². The third-order valence-electron chi connectivity index (χ3n) is 5.11. The number of piperazine rings is 1. The van der Waals surface area contributed by atoms with Gasteiger partial charge in [-0.15, -0.1) is 0 Å². The van der Waals surface area contributed by atoms with Crippen molar-refractivity contribution in [3.63, 3.8) is 0 Å². The Morgan fingerprint density at radius 2 is 1.88 bits per heavy atom. The Labute approximate surface area is 156 Å². The predicted molar refractivity (Wildman–Crippen MR) is 103 cm³/mol. The highest BCUT2D eigenvalue weighted by Crippen LogP contribution is 2.18. The molecule has 1 atom stereocenters. The first-order valence-electron chi connectivity index (χ1n) is 9.15. The smallest absolute Gasteiger partial charge is 0.317 e. The number of hydrogen-bond donors (Lipinski definition) is 1. The second kappa shape index (κ2) is 7.84. The normalized spacial score (nSPS) is 22.3. The molecule has 1 aromatic rings. The summed E-state index contributed by atoms with van der Waals surface area (Å²) < 4.78 is 24.9. The first-order valence-corrected chi connectivity index (χ1v) is 11.0. The van der Waals surface area contributed by atoms with E-state index in [2.05, 4.69) is 41.4 Å². The Morgan fingerprint density at radius 3 is 2.54 bits per heavy atom. The molecule has 0 aliphatic carbocycles. The maximum absolute atomic E-state index is 12.5. The summed E-state index contributed by atoms with van der Waals surface area (Å²) in [5.74, 6) is 0. The van der Waals surface area contributed by atoms with Crippen LogP contribution < -0.4 is 10.2 Å². The number of anilines is 1. The van der Waals surface area contributed by atoms with E-state index in [0.717, 1.165) is 25.9 Å². The number of carbonyl (C=O) groups is 1. The van der Waals surface area contributed by atoms with Crippen molar-refractivity contribution in [1.82, 2.24) is 14.5 Å². The minimum absolute atomic E-state index is 0.0887. The number of amides is 2. The summed E-state index contributed by atoms with van der Waals surface area (Å²) in [5, 5.41) is 3.02. The van der Waals surface area contributed by atoms with Crippen molar-refractivity contribution in [1.29, 1.82) is 0 Å². The molecule has 2 aliphatic rings. The van der Waals surface area contributed by atoms with Crippen molar-refractivity contribution < 1.29 is 13.2 Å². The monoisotopic (exact) mass is 380 g/mol. The fourth-order valence-corrected chi connectivity index (χ4v) is 4.53. The number of hydrogen-bond acceptors (Lipinski definition) is 4. The van der Waals surface area contributed by atoms with Gasteiger partial charge in [0.2, 0.25) is 10.0 Å². The van der Waals surface area contributed by atoms with E-state index < -0.39 is 10.0 Å². The maximum Gasteiger partial charge on any atom is 0.317 e. The van der Waals surface area contributed by atoms with Crippen LogP contribution in [0, 0.1) is 6.92 Å². The van der Waals surface area contributed by atoms with Gasteiger partial charge >= 0.3 is 6.03 Å². The molecular weight excluding hydrogens is 352 g/mol. The topological polar surface area (TPSA) is 73.0 Å². The zero-order chi connectivity index (χ0) is 18.7. The second-order valence-electron chi connectivity index (χ2n) is 7.22. The average molecular weight is 381 g/mol. The molecule has 1 aromatic carbocycles. The summed E-state index contributed by atoms with van der Waals surface area (Å²) in [6.45, 7) is 5.93. The van der Waals surface area contributed by atoms with Crippen molar-refractivity contribution in [2.24, 2.45) is 0 Å². The molecule has 2 aliphatic heterocycles. The molecule has 3 rings (SSSR count). The molecule has 0 spiro atoms. The second-order valence-corrected chi connectivity index (χ2v) is 9.21. The van der Waals surface area contributed by atoms with Crippen LogP contribution in [0.5, 0.6) is 0 Å². The lowest BCUT2D eigenvalue weighted by Crippen LogP contribution is -2.56. The molecule has 26 heavy (non-hydrogen) atoms. The third-order valence-corrected chi connectivity index (χ3v) is 6.38. The van der Waals surface area contributed by atoms with Crippen LogP contribution in [-0.4, -0.2) is 75.2 Å². The lowest BCUT2D eigenvalue weighted by atomic mass is 10.1. The number of aryl methyl sites for hydroxylation is 1. The van der Waals surface area contributed by atoms with E-state index in [1.165, 1.54) is 21.8 Å². The van der Waals surface area contributed by atoms with E-state index in [1.54, 1.807) is 0 Å². The molecule has 144 valence electrons. The van der Waals surface area contributed by atoms with E-state index in [1.807, 2.05) is 4.90 Å². The number of sulfonamides is 1. The Balaban J connectivity index is 1.51. The summed E-state index contributed by atoms with van der Waals surface area (Å²) in [7, 11) is -3.20. The minimum Gasteiger partial charge on any atom is -0.368 e. The average Bonchev–Trinajstić information content (AvgIpc) is 2.61. The molecule has 0 aromatic heterocycles. The van der Waals surface area contributed by atoms with Crippen molar-refractivity contribution in [2.75, 3.05) is 50.4 Å². The Morgan fingerprint density at radius 1 is 1.15 bits per heavy atom. The van der Waals surface area contributed by atoms with E-state index in [-0.39, 0.29) is 12.1 Å². The molecule has 2 heterocycles. The van der Waals surface area contributed by atoms with Crippen LogP contribution in [0.3, 0.4) is 0 Å². The van der Waals surface area contributed by atoms with Crippen LogP contribution in [-0.2, 0) is 10.0 Å². The predicted octanol–water partition coefficient (Wildman–Crippen LogP) is 1.25. The zero-order valence-electron chi connectivity index (χ0n) is 15.5. The molecule has 0 saturated carbocycles. The van der Waals surface area contributed by atoms with Crippen LogP contribution in [0.4, 0.5) is 10.5 Å². The van der Waals surface area contributed by atoms with Gasteiger partial charge in [0.1, 0.15) is 0 Å². The quantitative estimate of drug-likeness (QED) is 0.857. The number of rotatable bonds is 3. The summed E-state index contributed by atoms with van der Waals surface area (Å²) >= 11 is 0. The van der Waals surface area contributed by atoms with Crippen LogP contribution >= 0.6 is 0 Å². The van der Waals surface area contributed by atoms with E-state index in [0.29, 0.717) is 26.2 Å². The number of nitrogens with zero attached hydrogens (tertiary/aromatic N) is 3. The van der Waals surface area contributed by atoms with Gasteiger partial charge in [-0.3, -0.25) is 0 Å². The molecule has 7 nitrogen and oxygen atoms in total. The van der Waals surface area contributed by atoms with Crippen molar-refractivity contribution in [3.8, 4) is 0 Å².